The van der Waals surface area contributed by atoms with Gasteiger partial charge in [-0.05, 0) is 38.1 Å². The molecule has 84 valence electrons. The van der Waals surface area contributed by atoms with E-state index in [1.54, 1.807) is 0 Å². The van der Waals surface area contributed by atoms with Crippen molar-refractivity contribution in [1.29, 1.82) is 0 Å². The summed E-state index contributed by atoms with van der Waals surface area (Å²) in [6.07, 6.45) is 4.31. The Balaban J connectivity index is 2.27. The third-order valence-electron chi connectivity index (χ3n) is 3.70. The summed E-state index contributed by atoms with van der Waals surface area (Å²) in [6, 6.07) is 0.270. The molecule has 1 rings (SSSR count). The Morgan fingerprint density at radius 2 is 2.00 bits per heavy atom. The summed E-state index contributed by atoms with van der Waals surface area (Å²) in [4.78, 5) is 2.45. The van der Waals surface area contributed by atoms with E-state index >= 15 is 0 Å². The van der Waals surface area contributed by atoms with E-state index in [1.165, 1.54) is 25.8 Å². The van der Waals surface area contributed by atoms with Crippen LogP contribution in [0.5, 0.6) is 0 Å². The quantitative estimate of drug-likeness (QED) is 0.733. The predicted octanol–water partition coefficient (Wildman–Crippen LogP) is 2.09. The Hall–Kier alpha value is -0.0800. The Morgan fingerprint density at radius 1 is 1.43 bits per heavy atom. The van der Waals surface area contributed by atoms with E-state index in [0.29, 0.717) is 0 Å². The van der Waals surface area contributed by atoms with Crippen LogP contribution in [-0.4, -0.2) is 31.1 Å². The molecule has 1 aliphatic rings. The molecular weight excluding hydrogens is 172 g/mol. The van der Waals surface area contributed by atoms with Crippen molar-refractivity contribution in [2.45, 2.75) is 46.1 Å². The molecule has 0 saturated heterocycles. The molecule has 1 aliphatic carbocycles. The van der Waals surface area contributed by atoms with Gasteiger partial charge in [-0.25, -0.2) is 0 Å². The maximum Gasteiger partial charge on any atom is 0.00739 e. The first-order valence-electron chi connectivity index (χ1n) is 5.86. The average Bonchev–Trinajstić information content (AvgIpc) is 1.96. The summed E-state index contributed by atoms with van der Waals surface area (Å²) >= 11 is 0. The SMILES string of the molecule is CC(N)C(C)(C)CN(C)CC1CCC1. The predicted molar refractivity (Wildman–Crippen MR) is 62.3 cm³/mol. The minimum atomic E-state index is 0.235. The molecular formula is C12H26N2. The van der Waals surface area contributed by atoms with Crippen LogP contribution < -0.4 is 5.73 Å². The molecule has 1 saturated carbocycles. The summed E-state index contributed by atoms with van der Waals surface area (Å²) in [5.74, 6) is 0.962. The zero-order valence-electron chi connectivity index (χ0n) is 10.2. The van der Waals surface area contributed by atoms with Gasteiger partial charge < -0.3 is 10.6 Å². The number of rotatable bonds is 5. The van der Waals surface area contributed by atoms with Crippen molar-refractivity contribution in [2.24, 2.45) is 17.1 Å². The highest BCUT2D eigenvalue weighted by molar-refractivity contribution is 4.82. The normalized spacial score (nSPS) is 21.0. The molecule has 0 aromatic rings. The van der Waals surface area contributed by atoms with Gasteiger partial charge in [0.15, 0.2) is 0 Å². The van der Waals surface area contributed by atoms with Crippen LogP contribution in [0, 0.1) is 11.3 Å². The van der Waals surface area contributed by atoms with Crippen molar-refractivity contribution in [3.05, 3.63) is 0 Å². The molecule has 0 bridgehead atoms. The minimum Gasteiger partial charge on any atom is -0.327 e. The van der Waals surface area contributed by atoms with E-state index < -0.39 is 0 Å². The fourth-order valence-electron chi connectivity index (χ4n) is 2.02. The van der Waals surface area contributed by atoms with Crippen LogP contribution in [-0.2, 0) is 0 Å². The lowest BCUT2D eigenvalue weighted by atomic mass is 9.83. The highest BCUT2D eigenvalue weighted by Gasteiger charge is 2.26. The largest absolute Gasteiger partial charge is 0.327 e. The second-order valence-corrected chi connectivity index (χ2v) is 5.77. The molecule has 2 heteroatoms. The maximum absolute atomic E-state index is 5.97. The molecule has 1 unspecified atom stereocenters. The molecule has 2 N–H and O–H groups in total. The number of nitrogens with two attached hydrogens (primary N) is 1. The maximum atomic E-state index is 5.97. The summed E-state index contributed by atoms with van der Waals surface area (Å²) in [6.45, 7) is 9.00. The topological polar surface area (TPSA) is 29.3 Å². The van der Waals surface area contributed by atoms with E-state index in [1.807, 2.05) is 0 Å². The first-order valence-corrected chi connectivity index (χ1v) is 5.86. The van der Waals surface area contributed by atoms with Gasteiger partial charge in [-0.2, -0.15) is 0 Å². The van der Waals surface area contributed by atoms with Crippen LogP contribution in [0.1, 0.15) is 40.0 Å². The molecule has 0 amide bonds. The molecule has 2 nitrogen and oxygen atoms in total. The van der Waals surface area contributed by atoms with Crippen molar-refractivity contribution < 1.29 is 0 Å². The first-order chi connectivity index (χ1) is 6.42. The van der Waals surface area contributed by atoms with Crippen LogP contribution in [0.2, 0.25) is 0 Å². The van der Waals surface area contributed by atoms with Crippen molar-refractivity contribution in [3.63, 3.8) is 0 Å². The smallest absolute Gasteiger partial charge is 0.00739 e. The van der Waals surface area contributed by atoms with Crippen LogP contribution in [0.4, 0.5) is 0 Å². The number of hydrogen-bond donors (Lipinski definition) is 1. The van der Waals surface area contributed by atoms with Crippen LogP contribution in [0.25, 0.3) is 0 Å². The molecule has 0 aromatic heterocycles. The first kappa shape index (κ1) is 12.0. The van der Waals surface area contributed by atoms with Gasteiger partial charge in [-0.3, -0.25) is 0 Å². The summed E-state index contributed by atoms with van der Waals surface area (Å²) in [7, 11) is 2.22. The summed E-state index contributed by atoms with van der Waals surface area (Å²) in [5.41, 5.74) is 6.20. The molecule has 0 aromatic carbocycles. The van der Waals surface area contributed by atoms with Crippen molar-refractivity contribution in [1.82, 2.24) is 4.90 Å². The van der Waals surface area contributed by atoms with Crippen molar-refractivity contribution in [2.75, 3.05) is 20.1 Å². The zero-order chi connectivity index (χ0) is 10.8. The van der Waals surface area contributed by atoms with Gasteiger partial charge in [0.05, 0.1) is 0 Å². The second kappa shape index (κ2) is 4.63. The van der Waals surface area contributed by atoms with Gasteiger partial charge in [0.1, 0.15) is 0 Å². The fourth-order valence-corrected chi connectivity index (χ4v) is 2.02. The Kier molecular flexibility index (Phi) is 3.96. The molecule has 0 aliphatic heterocycles. The van der Waals surface area contributed by atoms with E-state index in [2.05, 4.69) is 32.7 Å². The summed E-state index contributed by atoms with van der Waals surface area (Å²) in [5, 5.41) is 0. The van der Waals surface area contributed by atoms with Crippen molar-refractivity contribution >= 4 is 0 Å². The molecule has 1 fully saturated rings. The molecule has 0 spiro atoms. The van der Waals surface area contributed by atoms with Crippen LogP contribution in [0.3, 0.4) is 0 Å². The van der Waals surface area contributed by atoms with Gasteiger partial charge >= 0.3 is 0 Å². The lowest BCUT2D eigenvalue weighted by Gasteiger charge is -2.37. The molecule has 14 heavy (non-hydrogen) atoms. The molecule has 0 heterocycles. The minimum absolute atomic E-state index is 0.235. The van der Waals surface area contributed by atoms with E-state index in [0.717, 1.165) is 12.5 Å². The van der Waals surface area contributed by atoms with Crippen LogP contribution in [0.15, 0.2) is 0 Å². The van der Waals surface area contributed by atoms with Crippen LogP contribution >= 0.6 is 0 Å². The highest BCUT2D eigenvalue weighted by Crippen LogP contribution is 2.28. The summed E-state index contributed by atoms with van der Waals surface area (Å²) < 4.78 is 0. The fraction of sp³-hybridized carbons (Fsp3) is 1.00. The average molecular weight is 198 g/mol. The molecule has 1 atom stereocenters. The number of nitrogens with zero attached hydrogens (tertiary/aromatic N) is 1. The van der Waals surface area contributed by atoms with Gasteiger partial charge in [0.2, 0.25) is 0 Å². The zero-order valence-corrected chi connectivity index (χ0v) is 10.2. The lowest BCUT2D eigenvalue weighted by Crippen LogP contribution is -2.44. The lowest BCUT2D eigenvalue weighted by molar-refractivity contribution is 0.140. The third-order valence-corrected chi connectivity index (χ3v) is 3.70. The third kappa shape index (κ3) is 3.25. The molecule has 0 radical (unpaired) electrons. The Bertz CT molecular complexity index is 171. The standard InChI is InChI=1S/C12H26N2/c1-10(13)12(2,3)9-14(4)8-11-6-5-7-11/h10-11H,5-9,13H2,1-4H3. The van der Waals surface area contributed by atoms with Crippen molar-refractivity contribution in [3.8, 4) is 0 Å². The Morgan fingerprint density at radius 3 is 2.36 bits per heavy atom. The second-order valence-electron chi connectivity index (χ2n) is 5.77. The monoisotopic (exact) mass is 198 g/mol. The highest BCUT2D eigenvalue weighted by atomic mass is 15.1. The van der Waals surface area contributed by atoms with Gasteiger partial charge in [0.25, 0.3) is 0 Å². The van der Waals surface area contributed by atoms with E-state index in [9.17, 15) is 0 Å². The van der Waals surface area contributed by atoms with Gasteiger partial charge in [-0.15, -0.1) is 0 Å². The van der Waals surface area contributed by atoms with E-state index in [-0.39, 0.29) is 11.5 Å². The number of hydrogen-bond acceptors (Lipinski definition) is 2. The van der Waals surface area contributed by atoms with Gasteiger partial charge in [0, 0.05) is 19.1 Å². The Labute approximate surface area is 88.8 Å². The van der Waals surface area contributed by atoms with E-state index in [4.69, 9.17) is 5.73 Å². The van der Waals surface area contributed by atoms with Gasteiger partial charge in [-0.1, -0.05) is 20.3 Å².